The van der Waals surface area contributed by atoms with E-state index >= 15 is 0 Å². The van der Waals surface area contributed by atoms with E-state index < -0.39 is 46.5 Å². The summed E-state index contributed by atoms with van der Waals surface area (Å²) < 4.78 is 69.5. The van der Waals surface area contributed by atoms with Gasteiger partial charge in [-0.05, 0) is 126 Å². The molecule has 0 radical (unpaired) electrons. The molecule has 6 rings (SSSR count). The molecule has 3 aromatic carbocycles. The summed E-state index contributed by atoms with van der Waals surface area (Å²) in [6, 6.07) is 19.0. The number of hydrogen-bond donors (Lipinski definition) is 1. The summed E-state index contributed by atoms with van der Waals surface area (Å²) in [5, 5.41) is 12.2. The van der Waals surface area contributed by atoms with Gasteiger partial charge in [0.25, 0.3) is 5.91 Å². The number of hydrogen-bond acceptors (Lipinski definition) is 10. The fourth-order valence-electron chi connectivity index (χ4n) is 8.40. The molecule has 0 unspecified atom stereocenters. The van der Waals surface area contributed by atoms with Gasteiger partial charge in [0, 0.05) is 18.3 Å². The highest BCUT2D eigenvalue weighted by Gasteiger charge is 2.51. The SMILES string of the molecule is CC(C)(C)OC(=O)N1[C@H](C(=O)NCCOCCOCCOCCOc2ccc(-c3ccc(N4C(=S)N(c5ccc(C#N)c(C(F)(F)F)c5)C(=O)C4(C)C)cc3)cc2)C[C@@H]2CCCC[C@@H]21. The zero-order valence-electron chi connectivity index (χ0n) is 36.9. The zero-order valence-corrected chi connectivity index (χ0v) is 37.7. The van der Waals surface area contributed by atoms with E-state index in [1.54, 1.807) is 41.8 Å². The molecule has 3 aliphatic rings. The molecule has 17 heteroatoms. The Labute approximate surface area is 377 Å². The normalized spacial score (nSPS) is 19.7. The van der Waals surface area contributed by atoms with E-state index in [0.29, 0.717) is 76.6 Å². The number of nitrogens with zero attached hydrogens (tertiary/aromatic N) is 4. The molecule has 13 nitrogen and oxygen atoms in total. The molecule has 2 heterocycles. The third-order valence-corrected chi connectivity index (χ3v) is 11.8. The first kappa shape index (κ1) is 48.2. The predicted molar refractivity (Wildman–Crippen MR) is 238 cm³/mol. The van der Waals surface area contributed by atoms with Crippen LogP contribution in [0.5, 0.6) is 5.75 Å². The van der Waals surface area contributed by atoms with Gasteiger partial charge in [-0.3, -0.25) is 19.4 Å². The van der Waals surface area contributed by atoms with Crippen LogP contribution >= 0.6 is 12.2 Å². The fourth-order valence-corrected chi connectivity index (χ4v) is 8.92. The first-order valence-corrected chi connectivity index (χ1v) is 22.0. The number of carbonyl (C=O) groups excluding carboxylic acids is 3. The molecule has 2 saturated heterocycles. The first-order chi connectivity index (χ1) is 30.4. The van der Waals surface area contributed by atoms with Crippen molar-refractivity contribution in [2.45, 2.75) is 96.1 Å². The number of halogens is 3. The van der Waals surface area contributed by atoms with Gasteiger partial charge in [-0.2, -0.15) is 18.4 Å². The molecule has 3 aromatic rings. The van der Waals surface area contributed by atoms with Crippen LogP contribution in [0.15, 0.2) is 66.7 Å². The number of nitrogens with one attached hydrogen (secondary N) is 1. The monoisotopic (exact) mass is 907 g/mol. The van der Waals surface area contributed by atoms with Gasteiger partial charge in [0.1, 0.15) is 29.5 Å². The summed E-state index contributed by atoms with van der Waals surface area (Å²) in [7, 11) is 0. The number of thiocarbonyl (C=S) groups is 1. The number of anilines is 2. The van der Waals surface area contributed by atoms with Crippen LogP contribution in [0.3, 0.4) is 0 Å². The van der Waals surface area contributed by atoms with Crippen molar-refractivity contribution >= 4 is 46.6 Å². The second-order valence-corrected chi connectivity index (χ2v) is 17.8. The number of carbonyl (C=O) groups is 3. The molecule has 3 fully saturated rings. The van der Waals surface area contributed by atoms with Crippen LogP contribution in [0.1, 0.15) is 77.8 Å². The molecule has 344 valence electrons. The van der Waals surface area contributed by atoms with Crippen molar-refractivity contribution in [3.05, 3.63) is 77.9 Å². The minimum Gasteiger partial charge on any atom is -0.491 e. The maximum absolute atomic E-state index is 13.7. The lowest BCUT2D eigenvalue weighted by atomic mass is 9.85. The highest BCUT2D eigenvalue weighted by Crippen LogP contribution is 2.42. The number of benzene rings is 3. The largest absolute Gasteiger partial charge is 0.491 e. The average Bonchev–Trinajstić information content (AvgIpc) is 3.73. The summed E-state index contributed by atoms with van der Waals surface area (Å²) in [4.78, 5) is 44.2. The van der Waals surface area contributed by atoms with E-state index in [1.807, 2.05) is 57.2 Å². The lowest BCUT2D eigenvalue weighted by molar-refractivity contribution is -0.137. The Bertz CT molecular complexity index is 2170. The molecule has 0 bridgehead atoms. The van der Waals surface area contributed by atoms with Crippen LogP contribution in [-0.2, 0) is 34.7 Å². The van der Waals surface area contributed by atoms with Crippen LogP contribution in [0.2, 0.25) is 0 Å². The van der Waals surface area contributed by atoms with Crippen molar-refractivity contribution in [3.8, 4) is 22.9 Å². The van der Waals surface area contributed by atoms with E-state index in [4.69, 9.17) is 35.9 Å². The summed E-state index contributed by atoms with van der Waals surface area (Å²) in [6.07, 6.45) is -0.468. The number of fused-ring (bicyclic) bond motifs is 1. The standard InChI is InChI=1S/C47H56F3N5O8S/c1-45(2,3)63-44(58)54-39-9-7-6-8-33(39)28-40(54)41(56)52-20-21-59-22-23-60-24-25-61-26-27-62-37-18-13-32(14-19-37)31-10-15-35(16-11-31)55-43(64)53(42(57)46(55,4)5)36-17-12-34(30-51)38(29-36)47(48,49)50/h10-19,29,33,39-40H,6-9,20-28H2,1-5H3,(H,52,56)/t33-,39-,40-/m0/s1. The van der Waals surface area contributed by atoms with Gasteiger partial charge in [-0.15, -0.1) is 0 Å². The first-order valence-electron chi connectivity index (χ1n) is 21.6. The summed E-state index contributed by atoms with van der Waals surface area (Å²) >= 11 is 5.66. The van der Waals surface area contributed by atoms with Crippen LogP contribution in [-0.4, -0.2) is 104 Å². The molecule has 0 aromatic heterocycles. The van der Waals surface area contributed by atoms with Crippen molar-refractivity contribution in [1.29, 1.82) is 5.26 Å². The minimum atomic E-state index is -4.79. The van der Waals surface area contributed by atoms with Crippen molar-refractivity contribution in [2.75, 3.05) is 62.6 Å². The predicted octanol–water partition coefficient (Wildman–Crippen LogP) is 8.27. The molecule has 64 heavy (non-hydrogen) atoms. The zero-order chi connectivity index (χ0) is 46.2. The minimum absolute atomic E-state index is 0.0204. The van der Waals surface area contributed by atoms with E-state index in [2.05, 4.69) is 5.32 Å². The second kappa shape index (κ2) is 20.7. The Kier molecular flexibility index (Phi) is 15.6. The number of rotatable bonds is 17. The van der Waals surface area contributed by atoms with Crippen LogP contribution < -0.4 is 19.9 Å². The number of amides is 3. The Morgan fingerprint density at radius 2 is 1.42 bits per heavy atom. The maximum Gasteiger partial charge on any atom is 0.417 e. The van der Waals surface area contributed by atoms with Gasteiger partial charge >= 0.3 is 12.3 Å². The maximum atomic E-state index is 13.7. The third-order valence-electron chi connectivity index (χ3n) is 11.4. The highest BCUT2D eigenvalue weighted by molar-refractivity contribution is 7.81. The van der Waals surface area contributed by atoms with E-state index in [-0.39, 0.29) is 22.7 Å². The summed E-state index contributed by atoms with van der Waals surface area (Å²) in [5.41, 5.74) is -1.22. The van der Waals surface area contributed by atoms with Crippen molar-refractivity contribution in [2.24, 2.45) is 5.92 Å². The molecule has 1 saturated carbocycles. The Morgan fingerprint density at radius 3 is 2.03 bits per heavy atom. The summed E-state index contributed by atoms with van der Waals surface area (Å²) in [6.45, 7) is 11.6. The van der Waals surface area contributed by atoms with Crippen LogP contribution in [0, 0.1) is 17.2 Å². The molecular weight excluding hydrogens is 852 g/mol. The second-order valence-electron chi connectivity index (χ2n) is 17.5. The average molecular weight is 908 g/mol. The van der Waals surface area contributed by atoms with E-state index in [1.165, 1.54) is 6.07 Å². The van der Waals surface area contributed by atoms with Gasteiger partial charge in [0.2, 0.25) is 5.91 Å². The molecule has 2 aliphatic heterocycles. The van der Waals surface area contributed by atoms with E-state index in [9.17, 15) is 32.8 Å². The molecule has 3 amide bonds. The Morgan fingerprint density at radius 1 is 0.844 bits per heavy atom. The van der Waals surface area contributed by atoms with Crippen molar-refractivity contribution < 1.29 is 51.2 Å². The molecule has 1 N–H and O–H groups in total. The Hall–Kier alpha value is -5.28. The topological polar surface area (TPSA) is 143 Å². The molecule has 1 aliphatic carbocycles. The van der Waals surface area contributed by atoms with Crippen LogP contribution in [0.25, 0.3) is 11.1 Å². The smallest absolute Gasteiger partial charge is 0.417 e. The van der Waals surface area contributed by atoms with Gasteiger partial charge < -0.3 is 33.9 Å². The number of nitriles is 1. The lowest BCUT2D eigenvalue weighted by Crippen LogP contribution is -2.51. The van der Waals surface area contributed by atoms with Crippen molar-refractivity contribution in [3.63, 3.8) is 0 Å². The van der Waals surface area contributed by atoms with Crippen LogP contribution in [0.4, 0.5) is 29.3 Å². The van der Waals surface area contributed by atoms with Crippen molar-refractivity contribution in [1.82, 2.24) is 10.2 Å². The lowest BCUT2D eigenvalue weighted by Gasteiger charge is -2.34. The molecule has 0 spiro atoms. The number of likely N-dealkylation sites (tertiary alicyclic amines) is 1. The van der Waals surface area contributed by atoms with E-state index in [0.717, 1.165) is 53.8 Å². The van der Waals surface area contributed by atoms with Gasteiger partial charge in [0.05, 0.1) is 62.5 Å². The van der Waals surface area contributed by atoms with Gasteiger partial charge in [-0.25, -0.2) is 4.79 Å². The molecule has 3 atom stereocenters. The molecular formula is C47H56F3N5O8S. The third kappa shape index (κ3) is 11.5. The van der Waals surface area contributed by atoms with Gasteiger partial charge in [0.15, 0.2) is 5.11 Å². The summed E-state index contributed by atoms with van der Waals surface area (Å²) in [5.74, 6) is 0.308. The van der Waals surface area contributed by atoms with Gasteiger partial charge in [-0.1, -0.05) is 37.1 Å². The Balaban J connectivity index is 0.855. The highest BCUT2D eigenvalue weighted by atomic mass is 32.1. The number of ether oxygens (including phenoxy) is 5. The fraction of sp³-hybridized carbons (Fsp3) is 0.511. The quantitative estimate of drug-likeness (QED) is 0.103. The number of alkyl halides is 3.